The van der Waals surface area contributed by atoms with Crippen molar-refractivity contribution in [3.05, 3.63) is 136 Å². The first-order chi connectivity index (χ1) is 18.1. The van der Waals surface area contributed by atoms with Gasteiger partial charge in [-0.1, -0.05) is 78.3 Å². The zero-order valence-electron chi connectivity index (χ0n) is 20.4. The molecule has 3 aromatic carbocycles. The molecular weight excluding hydrogens is 482 g/mol. The van der Waals surface area contributed by atoms with Crippen LogP contribution in [0.1, 0.15) is 44.6 Å². The normalized spacial score (nSPS) is 16.8. The molecule has 1 aliphatic rings. The first-order valence-electron chi connectivity index (χ1n) is 12.5. The molecule has 1 N–H and O–H groups in total. The second-order valence-electron chi connectivity index (χ2n) is 9.20. The summed E-state index contributed by atoms with van der Waals surface area (Å²) < 4.78 is 0. The van der Waals surface area contributed by atoms with Gasteiger partial charge in [-0.2, -0.15) is 0 Å². The van der Waals surface area contributed by atoms with E-state index >= 15 is 0 Å². The van der Waals surface area contributed by atoms with E-state index in [0.717, 1.165) is 28.7 Å². The highest BCUT2D eigenvalue weighted by Crippen LogP contribution is 2.43. The molecule has 5 rings (SSSR count). The Morgan fingerprint density at radius 2 is 1.59 bits per heavy atom. The maximum atomic E-state index is 13.8. The summed E-state index contributed by atoms with van der Waals surface area (Å²) in [6, 6.07) is 28.4. The van der Waals surface area contributed by atoms with E-state index in [9.17, 15) is 9.59 Å². The predicted molar refractivity (Wildman–Crippen MR) is 146 cm³/mol. The highest BCUT2D eigenvalue weighted by Gasteiger charge is 2.43. The number of carbonyl (C=O) groups excluding carboxylic acids is 2. The number of rotatable bonds is 8. The number of hydrogen-bond acceptors (Lipinski definition) is 3. The number of pyridine rings is 1. The Bertz CT molecular complexity index is 1360. The smallest absolute Gasteiger partial charge is 0.254 e. The summed E-state index contributed by atoms with van der Waals surface area (Å²) in [6.07, 6.45) is 4.91. The number of amides is 2. The number of carbonyl (C=O) groups is 2. The molecule has 0 unspecified atom stereocenters. The Kier molecular flexibility index (Phi) is 7.62. The van der Waals surface area contributed by atoms with Crippen LogP contribution in [-0.2, 0) is 17.6 Å². The van der Waals surface area contributed by atoms with Gasteiger partial charge in [-0.3, -0.25) is 14.6 Å². The Labute approximate surface area is 222 Å². The van der Waals surface area contributed by atoms with Gasteiger partial charge in [0.2, 0.25) is 5.91 Å². The van der Waals surface area contributed by atoms with Crippen LogP contribution in [0.4, 0.5) is 0 Å². The summed E-state index contributed by atoms with van der Waals surface area (Å²) in [4.78, 5) is 33.7. The van der Waals surface area contributed by atoms with Crippen molar-refractivity contribution < 1.29 is 9.59 Å². The number of aromatic nitrogens is 1. The third-order valence-electron chi connectivity index (χ3n) is 6.85. The van der Waals surface area contributed by atoms with E-state index in [2.05, 4.69) is 22.4 Å². The molecule has 6 heteroatoms. The zero-order chi connectivity index (χ0) is 25.6. The van der Waals surface area contributed by atoms with Crippen LogP contribution < -0.4 is 5.32 Å². The third-order valence-corrected chi connectivity index (χ3v) is 7.10. The first-order valence-corrected chi connectivity index (χ1v) is 12.9. The van der Waals surface area contributed by atoms with Gasteiger partial charge in [0.15, 0.2) is 0 Å². The van der Waals surface area contributed by atoms with Gasteiger partial charge in [-0.05, 0) is 59.4 Å². The molecule has 0 saturated carbocycles. The molecule has 0 bridgehead atoms. The quantitative estimate of drug-likeness (QED) is 0.335. The van der Waals surface area contributed by atoms with Crippen molar-refractivity contribution in [2.45, 2.75) is 24.8 Å². The summed E-state index contributed by atoms with van der Waals surface area (Å²) >= 11 is 6.20. The van der Waals surface area contributed by atoms with E-state index in [1.807, 2.05) is 90.0 Å². The second-order valence-corrected chi connectivity index (χ2v) is 9.63. The average molecular weight is 510 g/mol. The molecule has 0 radical (unpaired) electrons. The highest BCUT2D eigenvalue weighted by atomic mass is 35.5. The molecule has 37 heavy (non-hydrogen) atoms. The standard InChI is InChI=1S/C31H28ClN3O2/c32-25-14-12-24(13-15-25)29-28(30(36)34-19-16-22-7-2-1-3-8-22)26-10-4-5-11-27(26)31(37)35(29)20-17-23-9-6-18-33-21-23/h1-15,18,21,28-29H,16-17,19-20H2,(H,34,36)/t28-,29+/m1/s1. The monoisotopic (exact) mass is 509 g/mol. The minimum Gasteiger partial charge on any atom is -0.355 e. The summed E-state index contributed by atoms with van der Waals surface area (Å²) in [5.74, 6) is -0.727. The lowest BCUT2D eigenvalue weighted by Crippen LogP contribution is -2.48. The van der Waals surface area contributed by atoms with Crippen molar-refractivity contribution in [1.82, 2.24) is 15.2 Å². The first kappa shape index (κ1) is 24.7. The van der Waals surface area contributed by atoms with Gasteiger partial charge < -0.3 is 10.2 Å². The van der Waals surface area contributed by atoms with E-state index in [0.29, 0.717) is 30.1 Å². The van der Waals surface area contributed by atoms with Gasteiger partial charge >= 0.3 is 0 Å². The molecule has 1 aliphatic heterocycles. The van der Waals surface area contributed by atoms with E-state index in [-0.39, 0.29) is 11.8 Å². The molecule has 0 fully saturated rings. The molecule has 1 aromatic heterocycles. The van der Waals surface area contributed by atoms with E-state index < -0.39 is 12.0 Å². The van der Waals surface area contributed by atoms with Gasteiger partial charge in [0, 0.05) is 36.1 Å². The van der Waals surface area contributed by atoms with Crippen LogP contribution in [0.5, 0.6) is 0 Å². The second kappa shape index (κ2) is 11.4. The summed E-state index contributed by atoms with van der Waals surface area (Å²) in [6.45, 7) is 0.971. The third kappa shape index (κ3) is 5.57. The zero-order valence-corrected chi connectivity index (χ0v) is 21.1. The lowest BCUT2D eigenvalue weighted by Gasteiger charge is -2.42. The maximum absolute atomic E-state index is 13.8. The fourth-order valence-electron chi connectivity index (χ4n) is 5.03. The van der Waals surface area contributed by atoms with Crippen molar-refractivity contribution in [2.75, 3.05) is 13.1 Å². The van der Waals surface area contributed by atoms with Crippen LogP contribution in [0.25, 0.3) is 0 Å². The fraction of sp³-hybridized carbons (Fsp3) is 0.194. The lowest BCUT2D eigenvalue weighted by molar-refractivity contribution is -0.124. The Hall–Kier alpha value is -3.96. The lowest BCUT2D eigenvalue weighted by atomic mass is 9.79. The SMILES string of the molecule is O=C(NCCc1ccccc1)[C@@H]1c2ccccc2C(=O)N(CCc2cccnc2)[C@H]1c1ccc(Cl)cc1. The van der Waals surface area contributed by atoms with Crippen molar-refractivity contribution in [2.24, 2.45) is 0 Å². The van der Waals surface area contributed by atoms with Crippen LogP contribution in [0.15, 0.2) is 103 Å². The molecular formula is C31H28ClN3O2. The summed E-state index contributed by atoms with van der Waals surface area (Å²) in [5.41, 5.74) is 4.40. The number of nitrogens with one attached hydrogen (secondary N) is 1. The molecule has 5 nitrogen and oxygen atoms in total. The summed E-state index contributed by atoms with van der Waals surface area (Å²) in [7, 11) is 0. The number of fused-ring (bicyclic) bond motifs is 1. The minimum absolute atomic E-state index is 0.0761. The van der Waals surface area contributed by atoms with Gasteiger partial charge in [0.05, 0.1) is 12.0 Å². The van der Waals surface area contributed by atoms with Gasteiger partial charge in [0.25, 0.3) is 5.91 Å². The van der Waals surface area contributed by atoms with Crippen molar-refractivity contribution in [3.63, 3.8) is 0 Å². The van der Waals surface area contributed by atoms with Gasteiger partial charge in [-0.15, -0.1) is 0 Å². The predicted octanol–water partition coefficient (Wildman–Crippen LogP) is 5.62. The highest BCUT2D eigenvalue weighted by molar-refractivity contribution is 6.30. The topological polar surface area (TPSA) is 62.3 Å². The summed E-state index contributed by atoms with van der Waals surface area (Å²) in [5, 5.41) is 3.76. The van der Waals surface area contributed by atoms with Crippen molar-refractivity contribution in [1.29, 1.82) is 0 Å². The molecule has 2 heterocycles. The Balaban J connectivity index is 1.49. The van der Waals surface area contributed by atoms with Crippen molar-refractivity contribution >= 4 is 23.4 Å². The molecule has 2 amide bonds. The molecule has 186 valence electrons. The van der Waals surface area contributed by atoms with Gasteiger partial charge in [-0.25, -0.2) is 0 Å². The van der Waals surface area contributed by atoms with Crippen LogP contribution in [0.3, 0.4) is 0 Å². The molecule has 0 saturated heterocycles. The Morgan fingerprint density at radius 1 is 0.865 bits per heavy atom. The average Bonchev–Trinajstić information content (AvgIpc) is 2.94. The molecule has 0 spiro atoms. The minimum atomic E-state index is -0.556. The number of nitrogens with zero attached hydrogens (tertiary/aromatic N) is 2. The van der Waals surface area contributed by atoms with Crippen LogP contribution in [0.2, 0.25) is 5.02 Å². The van der Waals surface area contributed by atoms with E-state index in [1.54, 1.807) is 6.20 Å². The van der Waals surface area contributed by atoms with Gasteiger partial charge in [0.1, 0.15) is 0 Å². The molecule has 0 aliphatic carbocycles. The van der Waals surface area contributed by atoms with Crippen LogP contribution in [0, 0.1) is 0 Å². The maximum Gasteiger partial charge on any atom is 0.254 e. The number of hydrogen-bond donors (Lipinski definition) is 1. The molecule has 2 atom stereocenters. The largest absolute Gasteiger partial charge is 0.355 e. The van der Waals surface area contributed by atoms with Crippen molar-refractivity contribution in [3.8, 4) is 0 Å². The number of halogens is 1. The fourth-order valence-corrected chi connectivity index (χ4v) is 5.16. The molecule has 4 aromatic rings. The number of benzene rings is 3. The van der Waals surface area contributed by atoms with Crippen LogP contribution in [-0.4, -0.2) is 34.8 Å². The van der Waals surface area contributed by atoms with Crippen LogP contribution >= 0.6 is 11.6 Å². The Morgan fingerprint density at radius 3 is 2.35 bits per heavy atom. The van der Waals surface area contributed by atoms with E-state index in [4.69, 9.17) is 11.6 Å². The van der Waals surface area contributed by atoms with E-state index in [1.165, 1.54) is 0 Å².